The van der Waals surface area contributed by atoms with Crippen LogP contribution in [0.2, 0.25) is 0 Å². The summed E-state index contributed by atoms with van der Waals surface area (Å²) in [5, 5.41) is 0. The summed E-state index contributed by atoms with van der Waals surface area (Å²) in [5.74, 6) is 0.242. The molecule has 2 aliphatic heterocycles. The normalized spacial score (nSPS) is 23.7. The Morgan fingerprint density at radius 3 is 2.86 bits per heavy atom. The number of hydrogen-bond acceptors (Lipinski definition) is 5. The summed E-state index contributed by atoms with van der Waals surface area (Å²) in [6.07, 6.45) is 4.28. The smallest absolute Gasteiger partial charge is 0.187 e. The zero-order chi connectivity index (χ0) is 14.7. The van der Waals surface area contributed by atoms with E-state index in [1.807, 2.05) is 6.92 Å². The summed E-state index contributed by atoms with van der Waals surface area (Å²) in [6.45, 7) is 7.31. The molecule has 2 aliphatic rings. The van der Waals surface area contributed by atoms with Gasteiger partial charge in [-0.15, -0.1) is 0 Å². The summed E-state index contributed by atoms with van der Waals surface area (Å²) in [6, 6.07) is 0.345. The molecule has 0 amide bonds. The SMILES string of the molecule is CCc1ncnc(N2CCCC2CN2CCOCC2)c1F. The lowest BCUT2D eigenvalue weighted by Crippen LogP contribution is -2.45. The van der Waals surface area contributed by atoms with Crippen LogP contribution in [0.1, 0.15) is 25.5 Å². The predicted octanol–water partition coefficient (Wildman–Crippen LogP) is 1.48. The number of morpholine rings is 1. The van der Waals surface area contributed by atoms with Crippen molar-refractivity contribution in [2.24, 2.45) is 0 Å². The molecule has 0 bridgehead atoms. The molecule has 0 radical (unpaired) electrons. The standard InChI is InChI=1S/C15H23FN4O/c1-2-13-14(16)15(18-11-17-13)20-5-3-4-12(20)10-19-6-8-21-9-7-19/h11-12H,2-10H2,1H3. The topological polar surface area (TPSA) is 41.5 Å². The lowest BCUT2D eigenvalue weighted by molar-refractivity contribution is 0.0354. The van der Waals surface area contributed by atoms with Crippen molar-refractivity contribution in [2.75, 3.05) is 44.3 Å². The van der Waals surface area contributed by atoms with Crippen molar-refractivity contribution in [3.63, 3.8) is 0 Å². The Labute approximate surface area is 125 Å². The second-order valence-electron chi connectivity index (χ2n) is 5.71. The zero-order valence-corrected chi connectivity index (χ0v) is 12.6. The van der Waals surface area contributed by atoms with Gasteiger partial charge in [0, 0.05) is 32.2 Å². The van der Waals surface area contributed by atoms with Gasteiger partial charge in [0.05, 0.1) is 18.9 Å². The average molecular weight is 294 g/mol. The van der Waals surface area contributed by atoms with Crippen LogP contribution in [0.3, 0.4) is 0 Å². The van der Waals surface area contributed by atoms with E-state index in [0.717, 1.165) is 52.2 Å². The maximum absolute atomic E-state index is 14.5. The molecular weight excluding hydrogens is 271 g/mol. The molecule has 1 unspecified atom stereocenters. The monoisotopic (exact) mass is 294 g/mol. The van der Waals surface area contributed by atoms with Gasteiger partial charge in [0.15, 0.2) is 11.6 Å². The Kier molecular flexibility index (Phi) is 4.65. The lowest BCUT2D eigenvalue weighted by atomic mass is 10.2. The van der Waals surface area contributed by atoms with Crippen LogP contribution in [0.25, 0.3) is 0 Å². The summed E-state index contributed by atoms with van der Waals surface area (Å²) in [5.41, 5.74) is 0.511. The quantitative estimate of drug-likeness (QED) is 0.841. The first-order valence-electron chi connectivity index (χ1n) is 7.85. The Hall–Kier alpha value is -1.27. The van der Waals surface area contributed by atoms with E-state index in [-0.39, 0.29) is 5.82 Å². The number of aryl methyl sites for hydroxylation is 1. The molecular formula is C15H23FN4O. The number of rotatable bonds is 4. The maximum atomic E-state index is 14.5. The third-order valence-electron chi connectivity index (χ3n) is 4.40. The first-order valence-corrected chi connectivity index (χ1v) is 7.85. The predicted molar refractivity (Wildman–Crippen MR) is 79.0 cm³/mol. The minimum absolute atomic E-state index is 0.242. The highest BCUT2D eigenvalue weighted by Gasteiger charge is 2.30. The van der Waals surface area contributed by atoms with Crippen molar-refractivity contribution in [2.45, 2.75) is 32.2 Å². The zero-order valence-electron chi connectivity index (χ0n) is 12.6. The lowest BCUT2D eigenvalue weighted by Gasteiger charge is -2.33. The van der Waals surface area contributed by atoms with Crippen molar-refractivity contribution in [3.8, 4) is 0 Å². The van der Waals surface area contributed by atoms with Crippen molar-refractivity contribution in [1.82, 2.24) is 14.9 Å². The van der Waals surface area contributed by atoms with E-state index < -0.39 is 0 Å². The summed E-state index contributed by atoms with van der Waals surface area (Å²) in [4.78, 5) is 12.8. The van der Waals surface area contributed by atoms with Crippen LogP contribution in [0.4, 0.5) is 10.2 Å². The van der Waals surface area contributed by atoms with E-state index in [2.05, 4.69) is 19.8 Å². The Morgan fingerprint density at radius 2 is 2.10 bits per heavy atom. The van der Waals surface area contributed by atoms with Crippen LogP contribution in [-0.2, 0) is 11.2 Å². The first kappa shape index (κ1) is 14.7. The molecule has 116 valence electrons. The minimum Gasteiger partial charge on any atom is -0.379 e. The highest BCUT2D eigenvalue weighted by Crippen LogP contribution is 2.27. The number of halogens is 1. The number of hydrogen-bond donors (Lipinski definition) is 0. The van der Waals surface area contributed by atoms with Crippen LogP contribution in [0.15, 0.2) is 6.33 Å². The molecule has 0 N–H and O–H groups in total. The Bertz CT molecular complexity index is 479. The average Bonchev–Trinajstić information content (AvgIpc) is 2.96. The van der Waals surface area contributed by atoms with Crippen LogP contribution >= 0.6 is 0 Å². The Morgan fingerprint density at radius 1 is 1.29 bits per heavy atom. The molecule has 1 aromatic heterocycles. The van der Waals surface area contributed by atoms with Gasteiger partial charge in [-0.1, -0.05) is 6.92 Å². The Balaban J connectivity index is 1.74. The molecule has 2 saturated heterocycles. The van der Waals surface area contributed by atoms with Gasteiger partial charge in [-0.3, -0.25) is 4.90 Å². The van der Waals surface area contributed by atoms with Crippen molar-refractivity contribution < 1.29 is 9.13 Å². The van der Waals surface area contributed by atoms with Gasteiger partial charge in [-0.05, 0) is 19.3 Å². The molecule has 0 spiro atoms. The van der Waals surface area contributed by atoms with Crippen LogP contribution in [-0.4, -0.2) is 60.3 Å². The fraction of sp³-hybridized carbons (Fsp3) is 0.733. The third-order valence-corrected chi connectivity index (χ3v) is 4.40. The number of anilines is 1. The molecule has 3 heterocycles. The van der Waals surface area contributed by atoms with Gasteiger partial charge in [0.1, 0.15) is 6.33 Å². The van der Waals surface area contributed by atoms with Gasteiger partial charge < -0.3 is 9.64 Å². The van der Waals surface area contributed by atoms with Crippen LogP contribution in [0.5, 0.6) is 0 Å². The van der Waals surface area contributed by atoms with Gasteiger partial charge in [-0.2, -0.15) is 0 Å². The van der Waals surface area contributed by atoms with E-state index >= 15 is 0 Å². The van der Waals surface area contributed by atoms with E-state index in [0.29, 0.717) is 24.0 Å². The molecule has 1 atom stereocenters. The molecule has 1 aromatic rings. The van der Waals surface area contributed by atoms with Gasteiger partial charge >= 0.3 is 0 Å². The van der Waals surface area contributed by atoms with Gasteiger partial charge in [0.25, 0.3) is 0 Å². The van der Waals surface area contributed by atoms with E-state index in [4.69, 9.17) is 4.74 Å². The maximum Gasteiger partial charge on any atom is 0.187 e. The van der Waals surface area contributed by atoms with E-state index in [1.54, 1.807) is 0 Å². The molecule has 2 fully saturated rings. The largest absolute Gasteiger partial charge is 0.379 e. The molecule has 3 rings (SSSR count). The van der Waals surface area contributed by atoms with Gasteiger partial charge in [0.2, 0.25) is 0 Å². The molecule has 5 nitrogen and oxygen atoms in total. The van der Waals surface area contributed by atoms with Crippen LogP contribution < -0.4 is 4.90 Å². The van der Waals surface area contributed by atoms with Crippen molar-refractivity contribution in [1.29, 1.82) is 0 Å². The van der Waals surface area contributed by atoms with Crippen molar-refractivity contribution >= 4 is 5.82 Å². The fourth-order valence-corrected chi connectivity index (χ4v) is 3.23. The third kappa shape index (κ3) is 3.16. The van der Waals surface area contributed by atoms with Crippen LogP contribution in [0, 0.1) is 5.82 Å². The highest BCUT2D eigenvalue weighted by atomic mass is 19.1. The fourth-order valence-electron chi connectivity index (χ4n) is 3.23. The second kappa shape index (κ2) is 6.66. The molecule has 0 saturated carbocycles. The molecule has 6 heteroatoms. The molecule has 0 aliphatic carbocycles. The van der Waals surface area contributed by atoms with E-state index in [9.17, 15) is 4.39 Å². The number of ether oxygens (including phenoxy) is 1. The second-order valence-corrected chi connectivity index (χ2v) is 5.71. The van der Waals surface area contributed by atoms with Gasteiger partial charge in [-0.25, -0.2) is 14.4 Å². The molecule has 21 heavy (non-hydrogen) atoms. The van der Waals surface area contributed by atoms with E-state index in [1.165, 1.54) is 6.33 Å². The minimum atomic E-state index is -0.242. The van der Waals surface area contributed by atoms with Crippen molar-refractivity contribution in [3.05, 3.63) is 17.8 Å². The summed E-state index contributed by atoms with van der Waals surface area (Å²) < 4.78 is 19.9. The summed E-state index contributed by atoms with van der Waals surface area (Å²) >= 11 is 0. The molecule has 0 aromatic carbocycles. The first-order chi connectivity index (χ1) is 10.3. The number of nitrogens with zero attached hydrogens (tertiary/aromatic N) is 4. The highest BCUT2D eigenvalue weighted by molar-refractivity contribution is 5.43. The summed E-state index contributed by atoms with van der Waals surface area (Å²) in [7, 11) is 0. The number of aromatic nitrogens is 2.